The number of halogens is 3. The van der Waals surface area contributed by atoms with Gasteiger partial charge in [0.15, 0.2) is 0 Å². The molecule has 2 rings (SSSR count). The zero-order valence-electron chi connectivity index (χ0n) is 11.2. The van der Waals surface area contributed by atoms with Crippen molar-refractivity contribution in [3.05, 3.63) is 35.4 Å². The number of nitrogens with zero attached hydrogens (tertiary/aromatic N) is 1. The van der Waals surface area contributed by atoms with Crippen LogP contribution in [-0.4, -0.2) is 36.6 Å². The van der Waals surface area contributed by atoms with Crippen LogP contribution in [0.25, 0.3) is 0 Å². The van der Waals surface area contributed by atoms with Gasteiger partial charge in [-0.15, -0.1) is 0 Å². The maximum atomic E-state index is 12.3. The molecule has 0 aliphatic carbocycles. The minimum atomic E-state index is -4.14. The van der Waals surface area contributed by atoms with Crippen LogP contribution in [-0.2, 0) is 11.3 Å². The van der Waals surface area contributed by atoms with Gasteiger partial charge in [-0.3, -0.25) is 9.69 Å². The smallest absolute Gasteiger partial charge is 0.351 e. The molecule has 0 spiro atoms. The van der Waals surface area contributed by atoms with Gasteiger partial charge in [0.05, 0.1) is 12.5 Å². The van der Waals surface area contributed by atoms with Crippen LogP contribution in [0.3, 0.4) is 0 Å². The van der Waals surface area contributed by atoms with E-state index in [4.69, 9.17) is 0 Å². The van der Waals surface area contributed by atoms with Crippen LogP contribution in [0.5, 0.6) is 0 Å². The molecule has 0 saturated carbocycles. The van der Waals surface area contributed by atoms with Crippen molar-refractivity contribution in [1.29, 1.82) is 0 Å². The number of benzene rings is 1. The fourth-order valence-electron chi connectivity index (χ4n) is 2.07. The van der Waals surface area contributed by atoms with Crippen molar-refractivity contribution in [2.24, 2.45) is 5.92 Å². The van der Waals surface area contributed by atoms with Crippen LogP contribution in [0, 0.1) is 12.8 Å². The first kappa shape index (κ1) is 14.8. The Bertz CT molecular complexity index is 464. The third-order valence-electron chi connectivity index (χ3n) is 3.40. The molecule has 1 aromatic carbocycles. The van der Waals surface area contributed by atoms with E-state index in [0.29, 0.717) is 6.54 Å². The fourth-order valence-corrected chi connectivity index (χ4v) is 2.07. The largest absolute Gasteiger partial charge is 0.394 e. The number of rotatable bonds is 4. The molecule has 0 atom stereocenters. The lowest BCUT2D eigenvalue weighted by Gasteiger charge is -2.39. The van der Waals surface area contributed by atoms with Gasteiger partial charge in [0, 0.05) is 19.6 Å². The molecule has 1 fully saturated rings. The molecule has 1 aliphatic rings. The van der Waals surface area contributed by atoms with Gasteiger partial charge in [0.2, 0.25) is 5.91 Å². The van der Waals surface area contributed by atoms with Crippen LogP contribution in [0.15, 0.2) is 24.3 Å². The molecule has 0 aromatic heterocycles. The van der Waals surface area contributed by atoms with Crippen LogP contribution in [0.2, 0.25) is 0 Å². The van der Waals surface area contributed by atoms with E-state index in [9.17, 15) is 18.0 Å². The topological polar surface area (TPSA) is 32.3 Å². The Morgan fingerprint density at radius 1 is 1.30 bits per heavy atom. The van der Waals surface area contributed by atoms with E-state index in [2.05, 4.69) is 5.32 Å². The third-order valence-corrected chi connectivity index (χ3v) is 3.40. The van der Waals surface area contributed by atoms with Crippen LogP contribution < -0.4 is 5.32 Å². The normalized spacial score (nSPS) is 16.8. The first-order valence-electron chi connectivity index (χ1n) is 6.46. The van der Waals surface area contributed by atoms with E-state index in [-0.39, 0.29) is 25.5 Å². The fraction of sp³-hybridized carbons (Fsp3) is 0.500. The van der Waals surface area contributed by atoms with Gasteiger partial charge >= 0.3 is 6.18 Å². The second-order valence-electron chi connectivity index (χ2n) is 5.19. The molecular weight excluding hydrogens is 269 g/mol. The van der Waals surface area contributed by atoms with E-state index < -0.39 is 12.1 Å². The van der Waals surface area contributed by atoms with E-state index in [1.165, 1.54) is 4.90 Å². The summed E-state index contributed by atoms with van der Waals surface area (Å²) in [5.74, 6) is -1.53. The second-order valence-corrected chi connectivity index (χ2v) is 5.19. The summed E-state index contributed by atoms with van der Waals surface area (Å²) in [7, 11) is 0. The SMILES string of the molecule is Cc1ccc(CNC(=O)CN2CC(C(F)(F)F)C2)cc1. The van der Waals surface area contributed by atoms with E-state index in [0.717, 1.165) is 11.1 Å². The highest BCUT2D eigenvalue weighted by atomic mass is 19.4. The molecule has 0 radical (unpaired) electrons. The van der Waals surface area contributed by atoms with Crippen molar-refractivity contribution in [2.45, 2.75) is 19.6 Å². The molecule has 1 aliphatic heterocycles. The maximum Gasteiger partial charge on any atom is 0.394 e. The quantitative estimate of drug-likeness (QED) is 0.919. The Morgan fingerprint density at radius 2 is 1.90 bits per heavy atom. The average Bonchev–Trinajstić information content (AvgIpc) is 2.31. The predicted octanol–water partition coefficient (Wildman–Crippen LogP) is 2.11. The van der Waals surface area contributed by atoms with Crippen LogP contribution in [0.4, 0.5) is 13.2 Å². The molecule has 6 heteroatoms. The summed E-state index contributed by atoms with van der Waals surface area (Å²) < 4.78 is 36.9. The van der Waals surface area contributed by atoms with Gasteiger partial charge in [0.25, 0.3) is 0 Å². The van der Waals surface area contributed by atoms with Crippen molar-refractivity contribution in [1.82, 2.24) is 10.2 Å². The van der Waals surface area contributed by atoms with Gasteiger partial charge in [0.1, 0.15) is 0 Å². The maximum absolute atomic E-state index is 12.3. The molecule has 110 valence electrons. The number of hydrogen-bond donors (Lipinski definition) is 1. The molecule has 1 amide bonds. The Hall–Kier alpha value is -1.56. The summed E-state index contributed by atoms with van der Waals surface area (Å²) in [6.07, 6.45) is -4.14. The summed E-state index contributed by atoms with van der Waals surface area (Å²) in [4.78, 5) is 13.1. The number of carbonyl (C=O) groups is 1. The Morgan fingerprint density at radius 3 is 2.45 bits per heavy atom. The molecule has 1 saturated heterocycles. The second kappa shape index (κ2) is 5.83. The van der Waals surface area contributed by atoms with Crippen molar-refractivity contribution in [3.63, 3.8) is 0 Å². The highest BCUT2D eigenvalue weighted by molar-refractivity contribution is 5.78. The minimum absolute atomic E-state index is 0.0262. The summed E-state index contributed by atoms with van der Waals surface area (Å²) in [5.41, 5.74) is 2.11. The lowest BCUT2D eigenvalue weighted by atomic mass is 10.00. The number of aryl methyl sites for hydroxylation is 1. The van der Waals surface area contributed by atoms with Gasteiger partial charge in [-0.25, -0.2) is 0 Å². The van der Waals surface area contributed by atoms with Gasteiger partial charge in [-0.05, 0) is 12.5 Å². The Balaban J connectivity index is 1.68. The van der Waals surface area contributed by atoms with Crippen molar-refractivity contribution >= 4 is 5.91 Å². The predicted molar refractivity (Wildman–Crippen MR) is 69.0 cm³/mol. The highest BCUT2D eigenvalue weighted by Gasteiger charge is 2.47. The summed E-state index contributed by atoms with van der Waals surface area (Å²) in [6, 6.07) is 7.73. The summed E-state index contributed by atoms with van der Waals surface area (Å²) >= 11 is 0. The van der Waals surface area contributed by atoms with Gasteiger partial charge in [-0.1, -0.05) is 29.8 Å². The molecular formula is C14H17F3N2O. The standard InChI is InChI=1S/C14H17F3N2O/c1-10-2-4-11(5-3-10)6-18-13(20)9-19-7-12(8-19)14(15,16)17/h2-5,12H,6-9H2,1H3,(H,18,20). The molecule has 3 nitrogen and oxygen atoms in total. The number of amides is 1. The van der Waals surface area contributed by atoms with E-state index in [1.807, 2.05) is 31.2 Å². The van der Waals surface area contributed by atoms with Gasteiger partial charge < -0.3 is 5.32 Å². The van der Waals surface area contributed by atoms with Crippen LogP contribution in [0.1, 0.15) is 11.1 Å². The average molecular weight is 286 g/mol. The molecule has 20 heavy (non-hydrogen) atoms. The first-order chi connectivity index (χ1) is 9.34. The number of hydrogen-bond acceptors (Lipinski definition) is 2. The van der Waals surface area contributed by atoms with Gasteiger partial charge in [-0.2, -0.15) is 13.2 Å². The summed E-state index contributed by atoms with van der Waals surface area (Å²) in [5, 5.41) is 2.71. The molecule has 1 heterocycles. The molecule has 0 bridgehead atoms. The third kappa shape index (κ3) is 3.96. The Labute approximate surface area is 115 Å². The zero-order valence-corrected chi connectivity index (χ0v) is 11.2. The zero-order chi connectivity index (χ0) is 14.8. The number of nitrogens with one attached hydrogen (secondary N) is 1. The van der Waals surface area contributed by atoms with Crippen molar-refractivity contribution in [2.75, 3.05) is 19.6 Å². The number of carbonyl (C=O) groups excluding carboxylic acids is 1. The highest BCUT2D eigenvalue weighted by Crippen LogP contribution is 2.32. The lowest BCUT2D eigenvalue weighted by molar-refractivity contribution is -0.209. The molecule has 0 unspecified atom stereocenters. The molecule has 1 N–H and O–H groups in total. The Kier molecular flexibility index (Phi) is 4.32. The van der Waals surface area contributed by atoms with Crippen molar-refractivity contribution < 1.29 is 18.0 Å². The monoisotopic (exact) mass is 286 g/mol. The van der Waals surface area contributed by atoms with Crippen LogP contribution >= 0.6 is 0 Å². The number of alkyl halides is 3. The number of likely N-dealkylation sites (tertiary alicyclic amines) is 1. The summed E-state index contributed by atoms with van der Waals surface area (Å²) in [6.45, 7) is 2.24. The van der Waals surface area contributed by atoms with E-state index in [1.54, 1.807) is 0 Å². The molecule has 1 aromatic rings. The van der Waals surface area contributed by atoms with Crippen molar-refractivity contribution in [3.8, 4) is 0 Å². The van der Waals surface area contributed by atoms with E-state index >= 15 is 0 Å². The minimum Gasteiger partial charge on any atom is -0.351 e. The lowest BCUT2D eigenvalue weighted by Crippen LogP contribution is -2.55. The first-order valence-corrected chi connectivity index (χ1v) is 6.46.